The van der Waals surface area contributed by atoms with Crippen LogP contribution in [0.2, 0.25) is 0 Å². The van der Waals surface area contributed by atoms with Crippen LogP contribution in [-0.2, 0) is 0 Å². The maximum Gasteiger partial charge on any atom is 0.161 e. The Hall–Kier alpha value is -2.56. The second-order valence-electron chi connectivity index (χ2n) is 4.26. The Morgan fingerprint density at radius 2 is 1.57 bits per heavy atom. The monoisotopic (exact) mass is 290 g/mol. The van der Waals surface area contributed by atoms with Gasteiger partial charge in [0.05, 0.1) is 21.3 Å². The van der Waals surface area contributed by atoms with Gasteiger partial charge >= 0.3 is 0 Å². The number of carbonyl (C=O) groups is 1. The maximum atomic E-state index is 14.2. The Morgan fingerprint density at radius 3 is 2.10 bits per heavy atom. The molecule has 0 spiro atoms. The van der Waals surface area contributed by atoms with Gasteiger partial charge in [0, 0.05) is 17.2 Å². The first-order valence-electron chi connectivity index (χ1n) is 6.19. The molecule has 0 unspecified atom stereocenters. The largest absolute Gasteiger partial charge is 0.497 e. The summed E-state index contributed by atoms with van der Waals surface area (Å²) in [6, 6.07) is 7.55. The van der Waals surface area contributed by atoms with Gasteiger partial charge in [-0.15, -0.1) is 0 Å². The molecule has 110 valence electrons. The summed E-state index contributed by atoms with van der Waals surface area (Å²) in [7, 11) is 4.41. The van der Waals surface area contributed by atoms with Crippen LogP contribution in [0, 0.1) is 5.82 Å². The molecular weight excluding hydrogens is 275 g/mol. The summed E-state index contributed by atoms with van der Waals surface area (Å²) in [4.78, 5) is 11.3. The minimum Gasteiger partial charge on any atom is -0.497 e. The Labute approximate surface area is 122 Å². The molecule has 0 aliphatic carbocycles. The Kier molecular flexibility index (Phi) is 4.42. The zero-order chi connectivity index (χ0) is 15.4. The van der Waals surface area contributed by atoms with E-state index in [1.54, 1.807) is 18.2 Å². The molecule has 0 aliphatic rings. The summed E-state index contributed by atoms with van der Waals surface area (Å²) in [6.45, 7) is 0. The highest BCUT2D eigenvalue weighted by Crippen LogP contribution is 2.36. The smallest absolute Gasteiger partial charge is 0.161 e. The number of hydrogen-bond acceptors (Lipinski definition) is 4. The summed E-state index contributed by atoms with van der Waals surface area (Å²) < 4.78 is 29.5. The first-order chi connectivity index (χ1) is 10.1. The summed E-state index contributed by atoms with van der Waals surface area (Å²) in [5.74, 6) is 0.764. The quantitative estimate of drug-likeness (QED) is 0.792. The van der Waals surface area contributed by atoms with Crippen LogP contribution >= 0.6 is 0 Å². The lowest BCUT2D eigenvalue weighted by Crippen LogP contribution is -1.97. The standard InChI is InChI=1S/C16H15FO4/c1-19-11-4-5-12(14(17)7-11)13-8-16(21-3)15(20-2)6-10(13)9-18/h4-9H,1-3H3. The van der Waals surface area contributed by atoms with Gasteiger partial charge in [-0.1, -0.05) is 0 Å². The number of hydrogen-bond donors (Lipinski definition) is 0. The summed E-state index contributed by atoms with van der Waals surface area (Å²) in [5, 5.41) is 0. The fourth-order valence-corrected chi connectivity index (χ4v) is 2.07. The third kappa shape index (κ3) is 2.81. The SMILES string of the molecule is COc1ccc(-c2cc(OC)c(OC)cc2C=O)c(F)c1. The van der Waals surface area contributed by atoms with Crippen molar-refractivity contribution in [2.45, 2.75) is 0 Å². The van der Waals surface area contributed by atoms with E-state index in [0.29, 0.717) is 40.2 Å². The minimum absolute atomic E-state index is 0.291. The normalized spacial score (nSPS) is 10.1. The summed E-state index contributed by atoms with van der Waals surface area (Å²) in [5.41, 5.74) is 1.04. The van der Waals surface area contributed by atoms with Gasteiger partial charge in [-0.3, -0.25) is 4.79 Å². The van der Waals surface area contributed by atoms with Crippen molar-refractivity contribution in [2.75, 3.05) is 21.3 Å². The average molecular weight is 290 g/mol. The van der Waals surface area contributed by atoms with Gasteiger partial charge in [-0.25, -0.2) is 4.39 Å². The van der Waals surface area contributed by atoms with E-state index in [2.05, 4.69) is 0 Å². The number of carbonyl (C=O) groups excluding carboxylic acids is 1. The first kappa shape index (κ1) is 14.8. The van der Waals surface area contributed by atoms with Crippen LogP contribution in [0.4, 0.5) is 4.39 Å². The van der Waals surface area contributed by atoms with E-state index in [9.17, 15) is 9.18 Å². The van der Waals surface area contributed by atoms with Gasteiger partial charge in [-0.2, -0.15) is 0 Å². The van der Waals surface area contributed by atoms with Crippen molar-refractivity contribution in [2.24, 2.45) is 0 Å². The number of ether oxygens (including phenoxy) is 3. The molecule has 5 heteroatoms. The van der Waals surface area contributed by atoms with E-state index in [1.165, 1.54) is 33.5 Å². The molecule has 0 saturated heterocycles. The predicted molar refractivity (Wildman–Crippen MR) is 76.9 cm³/mol. The maximum absolute atomic E-state index is 14.2. The van der Waals surface area contributed by atoms with Crippen molar-refractivity contribution in [3.63, 3.8) is 0 Å². The number of rotatable bonds is 5. The van der Waals surface area contributed by atoms with Crippen molar-refractivity contribution in [1.29, 1.82) is 0 Å². The predicted octanol–water partition coefficient (Wildman–Crippen LogP) is 3.33. The molecule has 0 saturated carbocycles. The van der Waals surface area contributed by atoms with Gasteiger partial charge in [0.2, 0.25) is 0 Å². The van der Waals surface area contributed by atoms with Crippen LogP contribution in [0.15, 0.2) is 30.3 Å². The molecule has 0 atom stereocenters. The molecule has 21 heavy (non-hydrogen) atoms. The van der Waals surface area contributed by atoms with Crippen molar-refractivity contribution < 1.29 is 23.4 Å². The summed E-state index contributed by atoms with van der Waals surface area (Å²) in [6.07, 6.45) is 0.654. The lowest BCUT2D eigenvalue weighted by Gasteiger charge is -2.13. The van der Waals surface area contributed by atoms with Crippen molar-refractivity contribution in [3.05, 3.63) is 41.7 Å². The molecule has 0 amide bonds. The third-order valence-electron chi connectivity index (χ3n) is 3.15. The second kappa shape index (κ2) is 6.26. The average Bonchev–Trinajstić information content (AvgIpc) is 2.53. The number of aldehydes is 1. The molecule has 4 nitrogen and oxygen atoms in total. The highest BCUT2D eigenvalue weighted by atomic mass is 19.1. The van der Waals surface area contributed by atoms with Gasteiger partial charge in [-0.05, 0) is 29.8 Å². The first-order valence-corrected chi connectivity index (χ1v) is 6.19. The molecule has 2 aromatic carbocycles. The van der Waals surface area contributed by atoms with Gasteiger partial charge < -0.3 is 14.2 Å². The fraction of sp³-hybridized carbons (Fsp3) is 0.188. The summed E-state index contributed by atoms with van der Waals surface area (Å²) >= 11 is 0. The van der Waals surface area contributed by atoms with Crippen LogP contribution in [0.1, 0.15) is 10.4 Å². The van der Waals surface area contributed by atoms with Crippen LogP contribution in [0.3, 0.4) is 0 Å². The number of benzene rings is 2. The van der Waals surface area contributed by atoms with Gasteiger partial charge in [0.25, 0.3) is 0 Å². The van der Waals surface area contributed by atoms with Gasteiger partial charge in [0.15, 0.2) is 17.8 Å². The van der Waals surface area contributed by atoms with E-state index < -0.39 is 5.82 Å². The van der Waals surface area contributed by atoms with Gasteiger partial charge in [0.1, 0.15) is 11.6 Å². The Morgan fingerprint density at radius 1 is 0.905 bits per heavy atom. The molecule has 0 aromatic heterocycles. The lowest BCUT2D eigenvalue weighted by molar-refractivity contribution is 0.112. The molecule has 0 heterocycles. The molecule has 0 aliphatic heterocycles. The lowest BCUT2D eigenvalue weighted by atomic mass is 9.99. The zero-order valence-corrected chi connectivity index (χ0v) is 12.0. The molecular formula is C16H15FO4. The highest BCUT2D eigenvalue weighted by Gasteiger charge is 2.15. The fourth-order valence-electron chi connectivity index (χ4n) is 2.07. The van der Waals surface area contributed by atoms with Crippen molar-refractivity contribution in [1.82, 2.24) is 0 Å². The van der Waals surface area contributed by atoms with E-state index >= 15 is 0 Å². The van der Waals surface area contributed by atoms with Crippen LogP contribution in [0.5, 0.6) is 17.2 Å². The van der Waals surface area contributed by atoms with Crippen LogP contribution < -0.4 is 14.2 Å². The topological polar surface area (TPSA) is 44.8 Å². The van der Waals surface area contributed by atoms with E-state index in [-0.39, 0.29) is 0 Å². The van der Waals surface area contributed by atoms with Crippen LogP contribution in [0.25, 0.3) is 11.1 Å². The van der Waals surface area contributed by atoms with Crippen LogP contribution in [-0.4, -0.2) is 27.6 Å². The highest BCUT2D eigenvalue weighted by molar-refractivity contribution is 5.89. The molecule has 2 rings (SSSR count). The zero-order valence-electron chi connectivity index (χ0n) is 12.0. The molecule has 0 bridgehead atoms. The van der Waals surface area contributed by atoms with Crippen molar-refractivity contribution >= 4 is 6.29 Å². The molecule has 0 N–H and O–H groups in total. The number of methoxy groups -OCH3 is 3. The Balaban J connectivity index is 2.64. The van der Waals surface area contributed by atoms with E-state index in [0.717, 1.165) is 0 Å². The molecule has 0 radical (unpaired) electrons. The second-order valence-corrected chi connectivity index (χ2v) is 4.26. The Bertz CT molecular complexity index is 668. The van der Waals surface area contributed by atoms with E-state index in [1.807, 2.05) is 0 Å². The van der Waals surface area contributed by atoms with Crippen molar-refractivity contribution in [3.8, 4) is 28.4 Å². The van der Waals surface area contributed by atoms with E-state index in [4.69, 9.17) is 14.2 Å². The molecule has 2 aromatic rings. The number of halogens is 1. The third-order valence-corrected chi connectivity index (χ3v) is 3.15. The minimum atomic E-state index is -0.482. The molecule has 0 fully saturated rings.